The Balaban J connectivity index is 1.66. The SMILES string of the molecule is N#Cc1cccc(CNc2cccc(N3CCOCC3)c2)c1. The van der Waals surface area contributed by atoms with Crippen LogP contribution in [0.15, 0.2) is 48.5 Å². The molecule has 2 aromatic rings. The number of ether oxygens (including phenoxy) is 1. The Labute approximate surface area is 130 Å². The van der Waals surface area contributed by atoms with Gasteiger partial charge in [-0.15, -0.1) is 0 Å². The van der Waals surface area contributed by atoms with E-state index >= 15 is 0 Å². The van der Waals surface area contributed by atoms with Gasteiger partial charge in [0.2, 0.25) is 0 Å². The molecule has 3 rings (SSSR count). The first-order valence-corrected chi connectivity index (χ1v) is 7.51. The van der Waals surface area contributed by atoms with Crippen molar-refractivity contribution >= 4 is 11.4 Å². The Kier molecular flexibility index (Phi) is 4.57. The summed E-state index contributed by atoms with van der Waals surface area (Å²) < 4.78 is 5.39. The van der Waals surface area contributed by atoms with Crippen LogP contribution in [-0.2, 0) is 11.3 Å². The summed E-state index contributed by atoms with van der Waals surface area (Å²) in [7, 11) is 0. The van der Waals surface area contributed by atoms with Gasteiger partial charge in [0.1, 0.15) is 0 Å². The Morgan fingerprint density at radius 3 is 2.73 bits per heavy atom. The van der Waals surface area contributed by atoms with Crippen LogP contribution in [0, 0.1) is 11.3 Å². The summed E-state index contributed by atoms with van der Waals surface area (Å²) in [5, 5.41) is 12.4. The van der Waals surface area contributed by atoms with Gasteiger partial charge < -0.3 is 15.0 Å². The van der Waals surface area contributed by atoms with Crippen LogP contribution in [0.1, 0.15) is 11.1 Å². The molecule has 1 aliphatic rings. The molecule has 0 bridgehead atoms. The average molecular weight is 293 g/mol. The van der Waals surface area contributed by atoms with Crippen molar-refractivity contribution in [3.63, 3.8) is 0 Å². The molecule has 0 spiro atoms. The molecule has 22 heavy (non-hydrogen) atoms. The summed E-state index contributed by atoms with van der Waals surface area (Å²) >= 11 is 0. The van der Waals surface area contributed by atoms with Gasteiger partial charge in [0.15, 0.2) is 0 Å². The molecule has 112 valence electrons. The monoisotopic (exact) mass is 293 g/mol. The Morgan fingerprint density at radius 1 is 1.09 bits per heavy atom. The Morgan fingerprint density at radius 2 is 1.91 bits per heavy atom. The van der Waals surface area contributed by atoms with Gasteiger partial charge >= 0.3 is 0 Å². The second kappa shape index (κ2) is 6.97. The highest BCUT2D eigenvalue weighted by atomic mass is 16.5. The van der Waals surface area contributed by atoms with Crippen molar-refractivity contribution in [1.82, 2.24) is 0 Å². The fraction of sp³-hybridized carbons (Fsp3) is 0.278. The van der Waals surface area contributed by atoms with E-state index in [0.29, 0.717) is 12.1 Å². The van der Waals surface area contributed by atoms with E-state index in [1.165, 1.54) is 5.69 Å². The van der Waals surface area contributed by atoms with E-state index in [2.05, 4.69) is 40.6 Å². The minimum absolute atomic E-state index is 0.696. The van der Waals surface area contributed by atoms with Gasteiger partial charge in [-0.1, -0.05) is 18.2 Å². The van der Waals surface area contributed by atoms with E-state index in [-0.39, 0.29) is 0 Å². The Bertz CT molecular complexity index is 672. The minimum atomic E-state index is 0.696. The van der Waals surface area contributed by atoms with Gasteiger partial charge in [-0.05, 0) is 35.9 Å². The third-order valence-corrected chi connectivity index (χ3v) is 3.78. The summed E-state index contributed by atoms with van der Waals surface area (Å²) in [5.74, 6) is 0. The molecule has 0 radical (unpaired) electrons. The van der Waals surface area contributed by atoms with E-state index in [0.717, 1.165) is 37.6 Å². The normalized spacial score (nSPS) is 14.4. The number of hydrogen-bond donors (Lipinski definition) is 1. The number of morpholine rings is 1. The van der Waals surface area contributed by atoms with Crippen LogP contribution >= 0.6 is 0 Å². The van der Waals surface area contributed by atoms with Crippen molar-refractivity contribution in [3.8, 4) is 6.07 Å². The number of hydrogen-bond acceptors (Lipinski definition) is 4. The van der Waals surface area contributed by atoms with Gasteiger partial charge in [0.05, 0.1) is 24.8 Å². The summed E-state index contributed by atoms with van der Waals surface area (Å²) in [6, 6.07) is 18.3. The first kappa shape index (κ1) is 14.4. The van der Waals surface area contributed by atoms with Crippen LogP contribution in [0.2, 0.25) is 0 Å². The highest BCUT2D eigenvalue weighted by Gasteiger charge is 2.11. The van der Waals surface area contributed by atoms with Crippen LogP contribution in [-0.4, -0.2) is 26.3 Å². The van der Waals surface area contributed by atoms with Crippen molar-refractivity contribution in [3.05, 3.63) is 59.7 Å². The number of benzene rings is 2. The molecule has 0 aliphatic carbocycles. The lowest BCUT2D eigenvalue weighted by molar-refractivity contribution is 0.122. The van der Waals surface area contributed by atoms with Crippen molar-refractivity contribution in [2.24, 2.45) is 0 Å². The lowest BCUT2D eigenvalue weighted by atomic mass is 10.1. The molecule has 2 aromatic carbocycles. The highest BCUT2D eigenvalue weighted by Crippen LogP contribution is 2.21. The number of nitrogens with zero attached hydrogens (tertiary/aromatic N) is 2. The van der Waals surface area contributed by atoms with Gasteiger partial charge in [0, 0.05) is 31.0 Å². The second-order valence-electron chi connectivity index (χ2n) is 5.32. The van der Waals surface area contributed by atoms with Gasteiger partial charge in [-0.25, -0.2) is 0 Å². The number of anilines is 2. The standard InChI is InChI=1S/C18H19N3O/c19-13-15-3-1-4-16(11-15)14-20-17-5-2-6-18(12-17)21-7-9-22-10-8-21/h1-6,11-12,20H,7-10,14H2. The second-order valence-corrected chi connectivity index (χ2v) is 5.32. The lowest BCUT2D eigenvalue weighted by Gasteiger charge is -2.29. The van der Waals surface area contributed by atoms with Gasteiger partial charge in [0.25, 0.3) is 0 Å². The topological polar surface area (TPSA) is 48.3 Å². The lowest BCUT2D eigenvalue weighted by Crippen LogP contribution is -2.36. The molecule has 0 amide bonds. The molecule has 4 heteroatoms. The van der Waals surface area contributed by atoms with Gasteiger partial charge in [-0.3, -0.25) is 0 Å². The van der Waals surface area contributed by atoms with Crippen molar-refractivity contribution in [2.45, 2.75) is 6.54 Å². The van der Waals surface area contributed by atoms with E-state index < -0.39 is 0 Å². The molecule has 0 aromatic heterocycles. The summed E-state index contributed by atoms with van der Waals surface area (Å²) in [5.41, 5.74) is 4.11. The van der Waals surface area contributed by atoms with E-state index in [9.17, 15) is 0 Å². The van der Waals surface area contributed by atoms with Crippen LogP contribution in [0.4, 0.5) is 11.4 Å². The predicted molar refractivity (Wildman–Crippen MR) is 88.0 cm³/mol. The Hall–Kier alpha value is -2.51. The zero-order valence-corrected chi connectivity index (χ0v) is 12.5. The minimum Gasteiger partial charge on any atom is -0.381 e. The third-order valence-electron chi connectivity index (χ3n) is 3.78. The van der Waals surface area contributed by atoms with Crippen molar-refractivity contribution in [2.75, 3.05) is 36.5 Å². The summed E-state index contributed by atoms with van der Waals surface area (Å²) in [4.78, 5) is 2.34. The first-order chi connectivity index (χ1) is 10.8. The van der Waals surface area contributed by atoms with Crippen molar-refractivity contribution < 1.29 is 4.74 Å². The van der Waals surface area contributed by atoms with Crippen LogP contribution in [0.5, 0.6) is 0 Å². The maximum atomic E-state index is 8.94. The number of nitriles is 1. The zero-order valence-electron chi connectivity index (χ0n) is 12.5. The molecular formula is C18H19N3O. The molecule has 0 atom stereocenters. The molecule has 1 aliphatic heterocycles. The first-order valence-electron chi connectivity index (χ1n) is 7.51. The van der Waals surface area contributed by atoms with E-state index in [4.69, 9.17) is 10.00 Å². The maximum absolute atomic E-state index is 8.94. The highest BCUT2D eigenvalue weighted by molar-refractivity contribution is 5.58. The van der Waals surface area contributed by atoms with Crippen LogP contribution < -0.4 is 10.2 Å². The summed E-state index contributed by atoms with van der Waals surface area (Å²) in [6.07, 6.45) is 0. The molecule has 4 nitrogen and oxygen atoms in total. The molecule has 0 saturated carbocycles. The van der Waals surface area contributed by atoms with Crippen LogP contribution in [0.25, 0.3) is 0 Å². The molecule has 0 unspecified atom stereocenters. The number of rotatable bonds is 4. The summed E-state index contributed by atoms with van der Waals surface area (Å²) in [6.45, 7) is 4.17. The smallest absolute Gasteiger partial charge is 0.0991 e. The van der Waals surface area contributed by atoms with Crippen molar-refractivity contribution in [1.29, 1.82) is 5.26 Å². The van der Waals surface area contributed by atoms with Gasteiger partial charge in [-0.2, -0.15) is 5.26 Å². The van der Waals surface area contributed by atoms with Crippen LogP contribution in [0.3, 0.4) is 0 Å². The molecule has 1 saturated heterocycles. The molecule has 1 fully saturated rings. The zero-order chi connectivity index (χ0) is 15.2. The molecule has 1 N–H and O–H groups in total. The number of nitrogens with one attached hydrogen (secondary N) is 1. The third kappa shape index (κ3) is 3.57. The fourth-order valence-electron chi connectivity index (χ4n) is 2.59. The average Bonchev–Trinajstić information content (AvgIpc) is 2.61. The largest absolute Gasteiger partial charge is 0.381 e. The quantitative estimate of drug-likeness (QED) is 0.941. The van der Waals surface area contributed by atoms with E-state index in [1.807, 2.05) is 24.3 Å². The maximum Gasteiger partial charge on any atom is 0.0991 e. The fourth-order valence-corrected chi connectivity index (χ4v) is 2.59. The molecular weight excluding hydrogens is 274 g/mol. The van der Waals surface area contributed by atoms with E-state index in [1.54, 1.807) is 0 Å². The predicted octanol–water partition coefficient (Wildman–Crippen LogP) is 3.01. The molecule has 1 heterocycles.